The Morgan fingerprint density at radius 2 is 1.74 bits per heavy atom. The number of ether oxygens (including phenoxy) is 3. The van der Waals surface area contributed by atoms with Crippen molar-refractivity contribution in [3.63, 3.8) is 0 Å². The quantitative estimate of drug-likeness (QED) is 0.158. The third kappa shape index (κ3) is 7.20. The van der Waals surface area contributed by atoms with E-state index in [1.165, 1.54) is 0 Å². The van der Waals surface area contributed by atoms with Crippen molar-refractivity contribution in [3.05, 3.63) is 99.0 Å². The van der Waals surface area contributed by atoms with Gasteiger partial charge in [0, 0.05) is 5.56 Å². The molecule has 0 spiro atoms. The second kappa shape index (κ2) is 13.0. The highest BCUT2D eigenvalue weighted by atomic mass is 79.9. The summed E-state index contributed by atoms with van der Waals surface area (Å²) in [6.45, 7) is 6.74. The molecule has 176 valence electrons. The Labute approximate surface area is 215 Å². The van der Waals surface area contributed by atoms with E-state index in [1.54, 1.807) is 30.5 Å². The number of carbonyl (C=O) groups excluding carboxylic acids is 1. The molecule has 6 nitrogen and oxygen atoms in total. The van der Waals surface area contributed by atoms with Gasteiger partial charge in [0.15, 0.2) is 11.5 Å². The molecule has 0 atom stereocenters. The maximum atomic E-state index is 12.5. The van der Waals surface area contributed by atoms with Crippen molar-refractivity contribution >= 4 is 44.0 Å². The standard InChI is InChI=1S/C26H24Br2N2O4/c1-3-12-33-23-11-10-20(15-24(23)32-4-2)26(31)30-29-16-19-13-21(27)25(22(28)14-19)34-17-18-8-6-5-7-9-18/h3,5-11,13-16H,1,4,12,17H2,2H3,(H,30,31)/b29-16+. The van der Waals surface area contributed by atoms with Crippen molar-refractivity contribution in [1.29, 1.82) is 0 Å². The van der Waals surface area contributed by atoms with Gasteiger partial charge in [-0.3, -0.25) is 4.79 Å². The lowest BCUT2D eigenvalue weighted by Gasteiger charge is -2.12. The number of rotatable bonds is 11. The molecule has 34 heavy (non-hydrogen) atoms. The molecule has 0 bridgehead atoms. The molecule has 8 heteroatoms. The van der Waals surface area contributed by atoms with Crippen LogP contribution in [-0.2, 0) is 6.61 Å². The van der Waals surface area contributed by atoms with E-state index in [1.807, 2.05) is 49.4 Å². The third-order valence-electron chi connectivity index (χ3n) is 4.49. The Hall–Kier alpha value is -3.10. The summed E-state index contributed by atoms with van der Waals surface area (Å²) < 4.78 is 18.6. The van der Waals surface area contributed by atoms with Gasteiger partial charge in [0.2, 0.25) is 0 Å². The molecule has 0 unspecified atom stereocenters. The minimum atomic E-state index is -0.367. The predicted molar refractivity (Wildman–Crippen MR) is 141 cm³/mol. The van der Waals surface area contributed by atoms with Crippen LogP contribution in [0.15, 0.2) is 87.4 Å². The van der Waals surface area contributed by atoms with Crippen molar-refractivity contribution in [1.82, 2.24) is 5.43 Å². The van der Waals surface area contributed by atoms with Crippen molar-refractivity contribution in [3.8, 4) is 17.2 Å². The van der Waals surface area contributed by atoms with Gasteiger partial charge in [-0.05, 0) is 80.2 Å². The Morgan fingerprint density at radius 3 is 2.41 bits per heavy atom. The van der Waals surface area contributed by atoms with Crippen LogP contribution < -0.4 is 19.6 Å². The van der Waals surface area contributed by atoms with Crippen LogP contribution in [0.2, 0.25) is 0 Å². The molecular weight excluding hydrogens is 564 g/mol. The Kier molecular flexibility index (Phi) is 9.73. The van der Waals surface area contributed by atoms with E-state index >= 15 is 0 Å². The van der Waals surface area contributed by atoms with E-state index in [4.69, 9.17) is 14.2 Å². The van der Waals surface area contributed by atoms with Gasteiger partial charge < -0.3 is 14.2 Å². The van der Waals surface area contributed by atoms with Crippen molar-refractivity contribution in [2.24, 2.45) is 5.10 Å². The summed E-state index contributed by atoms with van der Waals surface area (Å²) in [5, 5.41) is 4.08. The first kappa shape index (κ1) is 25.5. The zero-order valence-electron chi connectivity index (χ0n) is 18.6. The number of hydrazone groups is 1. The van der Waals surface area contributed by atoms with Crippen LogP contribution in [0.5, 0.6) is 17.2 Å². The summed E-state index contributed by atoms with van der Waals surface area (Å²) in [6.07, 6.45) is 3.20. The molecule has 0 aliphatic heterocycles. The van der Waals surface area contributed by atoms with Crippen LogP contribution in [-0.4, -0.2) is 25.3 Å². The lowest BCUT2D eigenvalue weighted by atomic mass is 10.2. The van der Waals surface area contributed by atoms with E-state index in [9.17, 15) is 4.79 Å². The Morgan fingerprint density at radius 1 is 1.00 bits per heavy atom. The van der Waals surface area contributed by atoms with Gasteiger partial charge in [-0.2, -0.15) is 5.10 Å². The van der Waals surface area contributed by atoms with Crippen LogP contribution in [0, 0.1) is 0 Å². The lowest BCUT2D eigenvalue weighted by Crippen LogP contribution is -2.17. The van der Waals surface area contributed by atoms with Gasteiger partial charge >= 0.3 is 0 Å². The molecule has 3 rings (SSSR count). The minimum Gasteiger partial charge on any atom is -0.490 e. The molecule has 1 amide bonds. The number of carbonyl (C=O) groups is 1. The SMILES string of the molecule is C=CCOc1ccc(C(=O)N/N=C/c2cc(Br)c(OCc3ccccc3)c(Br)c2)cc1OCC. The first-order valence-electron chi connectivity index (χ1n) is 10.5. The summed E-state index contributed by atoms with van der Waals surface area (Å²) in [5.41, 5.74) is 4.78. The number of benzene rings is 3. The van der Waals surface area contributed by atoms with Crippen molar-refractivity contribution in [2.75, 3.05) is 13.2 Å². The van der Waals surface area contributed by atoms with Crippen LogP contribution in [0.25, 0.3) is 0 Å². The summed E-state index contributed by atoms with van der Waals surface area (Å²) in [4.78, 5) is 12.5. The second-order valence-corrected chi connectivity index (χ2v) is 8.69. The van der Waals surface area contributed by atoms with E-state index in [-0.39, 0.29) is 5.91 Å². The van der Waals surface area contributed by atoms with Crippen LogP contribution >= 0.6 is 31.9 Å². The number of hydrogen-bond donors (Lipinski definition) is 1. The minimum absolute atomic E-state index is 0.344. The Balaban J connectivity index is 1.64. The van der Waals surface area contributed by atoms with Gasteiger partial charge in [-0.25, -0.2) is 5.43 Å². The number of nitrogens with one attached hydrogen (secondary N) is 1. The molecule has 3 aromatic carbocycles. The summed E-state index contributed by atoms with van der Waals surface area (Å²) in [7, 11) is 0. The van der Waals surface area contributed by atoms with Crippen molar-refractivity contribution in [2.45, 2.75) is 13.5 Å². The lowest BCUT2D eigenvalue weighted by molar-refractivity contribution is 0.0954. The average molecular weight is 588 g/mol. The molecular formula is C26H24Br2N2O4. The number of amides is 1. The summed E-state index contributed by atoms with van der Waals surface area (Å²) >= 11 is 7.08. The molecule has 0 aliphatic rings. The highest BCUT2D eigenvalue weighted by Crippen LogP contribution is 2.35. The fraction of sp³-hybridized carbons (Fsp3) is 0.154. The zero-order valence-corrected chi connectivity index (χ0v) is 21.8. The largest absolute Gasteiger partial charge is 0.490 e. The first-order valence-corrected chi connectivity index (χ1v) is 12.1. The van der Waals surface area contributed by atoms with Crippen molar-refractivity contribution < 1.29 is 19.0 Å². The number of nitrogens with zero attached hydrogens (tertiary/aromatic N) is 1. The molecule has 0 radical (unpaired) electrons. The number of halogens is 2. The van der Waals surface area contributed by atoms with Gasteiger partial charge in [0.25, 0.3) is 5.91 Å². The van der Waals surface area contributed by atoms with E-state index in [0.717, 1.165) is 20.1 Å². The monoisotopic (exact) mass is 586 g/mol. The maximum absolute atomic E-state index is 12.5. The molecule has 1 N–H and O–H groups in total. The molecule has 0 aromatic heterocycles. The smallest absolute Gasteiger partial charge is 0.271 e. The van der Waals surface area contributed by atoms with Gasteiger partial charge in [-0.1, -0.05) is 43.0 Å². The maximum Gasteiger partial charge on any atom is 0.271 e. The second-order valence-electron chi connectivity index (χ2n) is 6.98. The van der Waals surface area contributed by atoms with Crippen LogP contribution in [0.3, 0.4) is 0 Å². The average Bonchev–Trinajstić information content (AvgIpc) is 2.83. The number of hydrogen-bond acceptors (Lipinski definition) is 5. The van der Waals surface area contributed by atoms with E-state index in [2.05, 4.69) is 49.0 Å². The van der Waals surface area contributed by atoms with Gasteiger partial charge in [-0.15, -0.1) is 0 Å². The zero-order chi connectivity index (χ0) is 24.3. The van der Waals surface area contributed by atoms with Gasteiger partial charge in [0.05, 0.1) is 21.8 Å². The van der Waals surface area contributed by atoms with Gasteiger partial charge in [0.1, 0.15) is 19.0 Å². The molecule has 0 aliphatic carbocycles. The predicted octanol–water partition coefficient (Wildman–Crippen LogP) is 6.52. The molecule has 3 aromatic rings. The van der Waals surface area contributed by atoms with Crippen LogP contribution in [0.1, 0.15) is 28.4 Å². The third-order valence-corrected chi connectivity index (χ3v) is 5.67. The van der Waals surface area contributed by atoms with E-state index in [0.29, 0.717) is 42.6 Å². The topological polar surface area (TPSA) is 69.2 Å². The molecule has 0 saturated heterocycles. The molecule has 0 fully saturated rings. The van der Waals surface area contributed by atoms with E-state index < -0.39 is 0 Å². The van der Waals surface area contributed by atoms with Crippen LogP contribution in [0.4, 0.5) is 0 Å². The first-order chi connectivity index (χ1) is 16.5. The molecule has 0 saturated carbocycles. The molecule has 0 heterocycles. The Bertz CT molecular complexity index is 1140. The highest BCUT2D eigenvalue weighted by molar-refractivity contribution is 9.11. The fourth-order valence-corrected chi connectivity index (χ4v) is 4.39. The highest BCUT2D eigenvalue weighted by Gasteiger charge is 2.12. The normalized spacial score (nSPS) is 10.7. The summed E-state index contributed by atoms with van der Waals surface area (Å²) in [6, 6.07) is 18.6. The fourth-order valence-electron chi connectivity index (χ4n) is 2.94. The summed E-state index contributed by atoms with van der Waals surface area (Å²) in [5.74, 6) is 1.35.